The monoisotopic (exact) mass is 486 g/mol. The van der Waals surface area contributed by atoms with Gasteiger partial charge in [-0.25, -0.2) is 0 Å². The molecule has 0 amide bonds. The molecule has 9 nitrogen and oxygen atoms in total. The number of ether oxygens (including phenoxy) is 1. The van der Waals surface area contributed by atoms with E-state index < -0.39 is 34.7 Å². The van der Waals surface area contributed by atoms with Crippen LogP contribution in [0.25, 0.3) is 0 Å². The number of aliphatic hydroxyl groups excluding tert-OH is 3. The van der Waals surface area contributed by atoms with Crippen molar-refractivity contribution in [3.05, 3.63) is 34.9 Å². The fraction of sp³-hybridized carbons (Fsp3) is 0.429. The van der Waals surface area contributed by atoms with Crippen molar-refractivity contribution >= 4 is 23.5 Å². The Morgan fingerprint density at radius 3 is 2.12 bits per heavy atom. The zero-order chi connectivity index (χ0) is 23.6. The van der Waals surface area contributed by atoms with Gasteiger partial charge in [0.25, 0.3) is 0 Å². The van der Waals surface area contributed by atoms with Gasteiger partial charge in [-0.05, 0) is 19.1 Å². The highest BCUT2D eigenvalue weighted by Gasteiger charge is 2.42. The molecule has 0 bridgehead atoms. The van der Waals surface area contributed by atoms with Gasteiger partial charge in [0.2, 0.25) is 0 Å². The topological polar surface area (TPSA) is 171 Å². The Labute approximate surface area is 192 Å². The number of hydrogen-bond acceptors (Lipinski definition) is 11. The molecule has 0 spiro atoms. The Balaban J connectivity index is 2.10. The van der Waals surface area contributed by atoms with Crippen molar-refractivity contribution in [2.75, 3.05) is 24.7 Å². The van der Waals surface area contributed by atoms with Crippen LogP contribution in [0.1, 0.15) is 40.2 Å². The summed E-state index contributed by atoms with van der Waals surface area (Å²) in [6, 6.07) is 3.61. The first-order valence-corrected chi connectivity index (χ1v) is 11.9. The van der Waals surface area contributed by atoms with Gasteiger partial charge in [0.1, 0.15) is 23.4 Å². The Hall–Kier alpha value is -2.18. The van der Waals surface area contributed by atoms with E-state index in [2.05, 4.69) is 0 Å². The lowest BCUT2D eigenvalue weighted by Crippen LogP contribution is -2.33. The minimum absolute atomic E-state index is 0.0632. The van der Waals surface area contributed by atoms with Crippen molar-refractivity contribution in [1.29, 1.82) is 0 Å². The van der Waals surface area contributed by atoms with Crippen LogP contribution in [0, 0.1) is 0 Å². The van der Waals surface area contributed by atoms with Crippen LogP contribution in [0.2, 0.25) is 0 Å². The Morgan fingerprint density at radius 2 is 1.53 bits per heavy atom. The molecular weight excluding hydrogens is 460 g/mol. The van der Waals surface area contributed by atoms with Gasteiger partial charge in [0, 0.05) is 33.9 Å². The molecule has 0 fully saturated rings. The number of aliphatic hydroxyl groups is 3. The lowest BCUT2D eigenvalue weighted by Gasteiger charge is -2.38. The van der Waals surface area contributed by atoms with Gasteiger partial charge in [-0.15, -0.1) is 11.8 Å². The molecule has 0 saturated carbocycles. The molecule has 0 aromatic heterocycles. The maximum Gasteiger partial charge on any atom is 0.200 e. The van der Waals surface area contributed by atoms with Gasteiger partial charge >= 0.3 is 0 Å². The number of fused-ring (bicyclic) bond motifs is 1. The van der Waals surface area contributed by atoms with Gasteiger partial charge in [-0.2, -0.15) is 11.8 Å². The van der Waals surface area contributed by atoms with Crippen molar-refractivity contribution in [2.24, 2.45) is 0 Å². The number of benzene rings is 2. The maximum atomic E-state index is 11.1. The molecule has 11 heteroatoms. The average molecular weight is 487 g/mol. The quantitative estimate of drug-likeness (QED) is 0.257. The van der Waals surface area contributed by atoms with E-state index in [1.807, 2.05) is 0 Å². The highest BCUT2D eigenvalue weighted by atomic mass is 32.2. The third kappa shape index (κ3) is 4.62. The smallest absolute Gasteiger partial charge is 0.200 e. The lowest BCUT2D eigenvalue weighted by atomic mass is 9.91. The number of thioether (sulfide) groups is 2. The number of hydrogen-bond donors (Lipinski definition) is 8. The van der Waals surface area contributed by atoms with Gasteiger partial charge in [-0.3, -0.25) is 0 Å². The standard InChI is InChI=1S/C21H26O9S2/c1-9(31-4-2-22)15-11(24)8-14-16(18(15)28)21(32-5-3-23)19(29)20(30-14)10-6-12(25)17(27)13(26)7-10/h6-9,19-29H,2-5H2,1H3/t9-,19-,20+,21-/m0/s1. The van der Waals surface area contributed by atoms with E-state index in [4.69, 9.17) is 9.84 Å². The molecule has 1 heterocycles. The molecule has 1 aliphatic heterocycles. The maximum absolute atomic E-state index is 11.1. The van der Waals surface area contributed by atoms with Crippen LogP contribution in [0.5, 0.6) is 34.5 Å². The largest absolute Gasteiger partial charge is 0.507 e. The molecule has 176 valence electrons. The van der Waals surface area contributed by atoms with Crippen molar-refractivity contribution in [3.8, 4) is 34.5 Å². The van der Waals surface area contributed by atoms with Crippen LogP contribution in [-0.4, -0.2) is 71.7 Å². The summed E-state index contributed by atoms with van der Waals surface area (Å²) in [5.74, 6) is -1.65. The van der Waals surface area contributed by atoms with E-state index in [9.17, 15) is 35.7 Å². The van der Waals surface area contributed by atoms with Crippen molar-refractivity contribution in [3.63, 3.8) is 0 Å². The van der Waals surface area contributed by atoms with E-state index in [0.29, 0.717) is 5.75 Å². The van der Waals surface area contributed by atoms with Gasteiger partial charge in [0.15, 0.2) is 23.4 Å². The predicted molar refractivity (Wildman–Crippen MR) is 121 cm³/mol. The second kappa shape index (κ2) is 10.2. The average Bonchev–Trinajstić information content (AvgIpc) is 2.74. The first-order valence-electron chi connectivity index (χ1n) is 9.84. The van der Waals surface area contributed by atoms with E-state index in [-0.39, 0.29) is 58.2 Å². The first kappa shape index (κ1) is 24.5. The van der Waals surface area contributed by atoms with Crippen LogP contribution in [0.3, 0.4) is 0 Å². The Morgan fingerprint density at radius 1 is 0.906 bits per heavy atom. The highest BCUT2D eigenvalue weighted by molar-refractivity contribution is 7.99. The molecule has 0 radical (unpaired) electrons. The fourth-order valence-corrected chi connectivity index (χ4v) is 5.65. The van der Waals surface area contributed by atoms with Gasteiger partial charge < -0.3 is 45.6 Å². The van der Waals surface area contributed by atoms with Crippen molar-refractivity contribution in [1.82, 2.24) is 0 Å². The molecular formula is C21H26O9S2. The Kier molecular flexibility index (Phi) is 7.78. The lowest BCUT2D eigenvalue weighted by molar-refractivity contribution is 0.0172. The third-order valence-electron chi connectivity index (χ3n) is 5.15. The summed E-state index contributed by atoms with van der Waals surface area (Å²) < 4.78 is 5.87. The van der Waals surface area contributed by atoms with E-state index in [1.54, 1.807) is 6.92 Å². The summed E-state index contributed by atoms with van der Waals surface area (Å²) in [5.41, 5.74) is 0.662. The predicted octanol–water partition coefficient (Wildman–Crippen LogP) is 2.26. The van der Waals surface area contributed by atoms with Crippen LogP contribution in [0.4, 0.5) is 0 Å². The molecule has 3 rings (SSSR count). The number of phenols is 5. The molecule has 0 unspecified atom stereocenters. The molecule has 2 aromatic rings. The van der Waals surface area contributed by atoms with E-state index in [1.165, 1.54) is 29.6 Å². The molecule has 0 aliphatic carbocycles. The summed E-state index contributed by atoms with van der Waals surface area (Å²) in [5, 5.41) is 79.4. The Bertz CT molecular complexity index is 946. The molecule has 1 aliphatic rings. The second-order valence-electron chi connectivity index (χ2n) is 7.26. The number of rotatable bonds is 8. The normalized spacial score (nSPS) is 21.1. The van der Waals surface area contributed by atoms with E-state index >= 15 is 0 Å². The van der Waals surface area contributed by atoms with E-state index in [0.717, 1.165) is 12.1 Å². The summed E-state index contributed by atoms with van der Waals surface area (Å²) in [6.07, 6.45) is -2.38. The van der Waals surface area contributed by atoms with Crippen LogP contribution in [-0.2, 0) is 0 Å². The highest BCUT2D eigenvalue weighted by Crippen LogP contribution is 2.56. The summed E-state index contributed by atoms with van der Waals surface area (Å²) >= 11 is 2.50. The van der Waals surface area contributed by atoms with Crippen LogP contribution >= 0.6 is 23.5 Å². The number of phenolic OH excluding ortho intramolecular Hbond substituents is 5. The second-order valence-corrected chi connectivity index (χ2v) is 9.96. The van der Waals surface area contributed by atoms with Gasteiger partial charge in [0.05, 0.1) is 24.0 Å². The SMILES string of the molecule is C[C@H](SCCO)c1c(O)cc2c(c1O)[C@H](SCCO)[C@@H](O)[C@@H](c1cc(O)c(O)c(O)c1)O2. The minimum Gasteiger partial charge on any atom is -0.507 e. The first-order chi connectivity index (χ1) is 15.2. The van der Waals surface area contributed by atoms with Gasteiger partial charge in [-0.1, -0.05) is 0 Å². The summed E-state index contributed by atoms with van der Waals surface area (Å²) in [4.78, 5) is 0. The molecule has 4 atom stereocenters. The molecule has 0 saturated heterocycles. The number of aromatic hydroxyl groups is 5. The third-order valence-corrected chi connectivity index (χ3v) is 7.60. The zero-order valence-electron chi connectivity index (χ0n) is 17.2. The fourth-order valence-electron chi connectivity index (χ4n) is 3.70. The summed E-state index contributed by atoms with van der Waals surface area (Å²) in [6.45, 7) is 1.53. The molecule has 8 N–H and O–H groups in total. The molecule has 32 heavy (non-hydrogen) atoms. The zero-order valence-corrected chi connectivity index (χ0v) is 18.8. The van der Waals surface area contributed by atoms with Crippen molar-refractivity contribution in [2.45, 2.75) is 29.6 Å². The molecule has 2 aromatic carbocycles. The summed E-state index contributed by atoms with van der Waals surface area (Å²) in [7, 11) is 0. The van der Waals surface area contributed by atoms with Crippen LogP contribution in [0.15, 0.2) is 18.2 Å². The minimum atomic E-state index is -1.27. The van der Waals surface area contributed by atoms with Crippen LogP contribution < -0.4 is 4.74 Å². The van der Waals surface area contributed by atoms with Crippen molar-refractivity contribution < 1.29 is 45.6 Å².